The number of rotatable bonds is 5. The number of nitrogens with zero attached hydrogens (tertiary/aromatic N) is 1. The Balaban J connectivity index is 1.79. The maximum absolute atomic E-state index is 13.3. The number of carbonyl (C=O) groups excluding carboxylic acids is 2. The van der Waals surface area contributed by atoms with E-state index in [4.69, 9.17) is 0 Å². The van der Waals surface area contributed by atoms with Gasteiger partial charge in [-0.2, -0.15) is 0 Å². The molecule has 0 aromatic heterocycles. The van der Waals surface area contributed by atoms with Crippen molar-refractivity contribution < 1.29 is 24.6 Å². The van der Waals surface area contributed by atoms with Crippen LogP contribution in [0.5, 0.6) is 5.75 Å². The number of aromatic hydroxyl groups is 1. The quantitative estimate of drug-likeness (QED) is 0.671. The van der Waals surface area contributed by atoms with Crippen molar-refractivity contribution in [1.82, 2.24) is 10.2 Å². The van der Waals surface area contributed by atoms with E-state index in [2.05, 4.69) is 5.32 Å². The molecule has 4 atom stereocenters. The van der Waals surface area contributed by atoms with Crippen molar-refractivity contribution in [2.75, 3.05) is 0 Å². The largest absolute Gasteiger partial charge is 0.508 e. The summed E-state index contributed by atoms with van der Waals surface area (Å²) in [5.41, 5.74) is -0.365. The summed E-state index contributed by atoms with van der Waals surface area (Å²) >= 11 is 0. The third-order valence-corrected chi connectivity index (χ3v) is 6.14. The molecule has 7 heteroatoms. The van der Waals surface area contributed by atoms with E-state index < -0.39 is 41.2 Å². The molecular weight excluding hydrogens is 372 g/mol. The van der Waals surface area contributed by atoms with Gasteiger partial charge in [0.15, 0.2) is 0 Å². The molecule has 2 aromatic carbocycles. The normalized spacial score (nSPS) is 28.6. The zero-order chi connectivity index (χ0) is 20.8. The summed E-state index contributed by atoms with van der Waals surface area (Å²) in [5.74, 6) is -4.04. The zero-order valence-corrected chi connectivity index (χ0v) is 15.9. The van der Waals surface area contributed by atoms with Gasteiger partial charge in [0.2, 0.25) is 11.8 Å². The van der Waals surface area contributed by atoms with E-state index in [0.29, 0.717) is 5.56 Å². The lowest BCUT2D eigenvalue weighted by molar-refractivity contribution is -0.151. The molecule has 2 fully saturated rings. The first-order valence-corrected chi connectivity index (χ1v) is 9.59. The Bertz CT molecular complexity index is 976. The Kier molecular flexibility index (Phi) is 4.62. The maximum atomic E-state index is 13.3. The van der Waals surface area contributed by atoms with Crippen molar-refractivity contribution in [3.63, 3.8) is 0 Å². The van der Waals surface area contributed by atoms with Crippen molar-refractivity contribution in [3.05, 3.63) is 65.7 Å². The van der Waals surface area contributed by atoms with Gasteiger partial charge in [0.1, 0.15) is 11.3 Å². The predicted octanol–water partition coefficient (Wildman–Crippen LogP) is 2.07. The number of phenols is 1. The summed E-state index contributed by atoms with van der Waals surface area (Å²) in [6.45, 7) is 1.78. The smallest absolute Gasteiger partial charge is 0.324 e. The fraction of sp³-hybridized carbons (Fsp3) is 0.318. The van der Waals surface area contributed by atoms with Crippen LogP contribution in [0.4, 0.5) is 0 Å². The Labute approximate surface area is 168 Å². The van der Waals surface area contributed by atoms with Crippen LogP contribution in [-0.4, -0.2) is 38.4 Å². The fourth-order valence-corrected chi connectivity index (χ4v) is 4.67. The van der Waals surface area contributed by atoms with Crippen LogP contribution in [0.3, 0.4) is 0 Å². The Morgan fingerprint density at radius 2 is 1.72 bits per heavy atom. The Morgan fingerprint density at radius 3 is 2.34 bits per heavy atom. The summed E-state index contributed by atoms with van der Waals surface area (Å²) in [7, 11) is 0. The van der Waals surface area contributed by atoms with Gasteiger partial charge in [0, 0.05) is 11.6 Å². The molecule has 4 rings (SSSR count). The van der Waals surface area contributed by atoms with Gasteiger partial charge < -0.3 is 10.2 Å². The van der Waals surface area contributed by atoms with E-state index in [1.54, 1.807) is 25.1 Å². The summed E-state index contributed by atoms with van der Waals surface area (Å²) in [6.07, 6.45) is 0.131. The molecular formula is C22H22N2O5. The number of benzene rings is 2. The molecule has 0 saturated carbocycles. The minimum absolute atomic E-state index is 0.0391. The van der Waals surface area contributed by atoms with Gasteiger partial charge in [0.05, 0.1) is 18.4 Å². The first kappa shape index (κ1) is 19.1. The SMILES string of the molecule is CC[C@]1(C(=O)O)N[C@H](c2ccccc2O)[C@@H]2C(=O)N(Cc3ccccc3)C(=O)[C@H]21. The second-order valence-electron chi connectivity index (χ2n) is 7.56. The zero-order valence-electron chi connectivity index (χ0n) is 15.9. The number of hydrogen-bond donors (Lipinski definition) is 3. The first-order valence-electron chi connectivity index (χ1n) is 9.59. The molecule has 0 aliphatic carbocycles. The molecule has 0 spiro atoms. The van der Waals surface area contributed by atoms with Gasteiger partial charge in [-0.3, -0.25) is 24.6 Å². The van der Waals surface area contributed by atoms with Crippen LogP contribution < -0.4 is 5.32 Å². The second-order valence-corrected chi connectivity index (χ2v) is 7.56. The molecule has 7 nitrogen and oxygen atoms in total. The number of phenolic OH excluding ortho intramolecular Hbond substituents is 1. The average molecular weight is 394 g/mol. The highest BCUT2D eigenvalue weighted by atomic mass is 16.4. The van der Waals surface area contributed by atoms with Crippen molar-refractivity contribution >= 4 is 17.8 Å². The third kappa shape index (κ3) is 2.81. The fourth-order valence-electron chi connectivity index (χ4n) is 4.67. The summed E-state index contributed by atoms with van der Waals surface area (Å²) in [4.78, 5) is 40.0. The van der Waals surface area contributed by atoms with Crippen LogP contribution in [-0.2, 0) is 20.9 Å². The summed E-state index contributed by atoms with van der Waals surface area (Å²) < 4.78 is 0. The molecule has 0 bridgehead atoms. The van der Waals surface area contributed by atoms with Gasteiger partial charge >= 0.3 is 5.97 Å². The van der Waals surface area contributed by atoms with E-state index in [0.717, 1.165) is 10.5 Å². The summed E-state index contributed by atoms with van der Waals surface area (Å²) in [6, 6.07) is 14.8. The molecule has 2 heterocycles. The van der Waals surface area contributed by atoms with Crippen molar-refractivity contribution in [1.29, 1.82) is 0 Å². The second kappa shape index (κ2) is 7.00. The number of aliphatic carboxylic acids is 1. The molecule has 29 heavy (non-hydrogen) atoms. The van der Waals surface area contributed by atoms with Crippen molar-refractivity contribution in [2.24, 2.45) is 11.8 Å². The standard InChI is InChI=1S/C22H22N2O5/c1-2-22(21(28)29)17-16(18(23-22)14-10-6-7-11-15(14)25)19(26)24(20(17)27)12-13-8-4-3-5-9-13/h3-11,16-18,23,25H,2,12H2,1H3,(H,28,29)/t16-,17+,18-,22+/m1/s1. The van der Waals surface area contributed by atoms with Crippen molar-refractivity contribution in [2.45, 2.75) is 31.5 Å². The highest BCUT2D eigenvalue weighted by Gasteiger charge is 2.67. The van der Waals surface area contributed by atoms with Gasteiger partial charge in [0.25, 0.3) is 0 Å². The van der Waals surface area contributed by atoms with Crippen LogP contribution in [0.15, 0.2) is 54.6 Å². The van der Waals surface area contributed by atoms with E-state index in [1.165, 1.54) is 6.07 Å². The number of carboxylic acids is 1. The van der Waals surface area contributed by atoms with Crippen LogP contribution in [0.1, 0.15) is 30.5 Å². The lowest BCUT2D eigenvalue weighted by Gasteiger charge is -2.30. The van der Waals surface area contributed by atoms with Crippen LogP contribution in [0, 0.1) is 11.8 Å². The number of para-hydroxylation sites is 1. The lowest BCUT2D eigenvalue weighted by Crippen LogP contribution is -2.55. The van der Waals surface area contributed by atoms with Gasteiger partial charge in [-0.25, -0.2) is 0 Å². The number of hydrogen-bond acceptors (Lipinski definition) is 5. The number of imide groups is 1. The number of likely N-dealkylation sites (tertiary alicyclic amines) is 1. The predicted molar refractivity (Wildman–Crippen MR) is 104 cm³/mol. The number of carbonyl (C=O) groups is 3. The molecule has 2 saturated heterocycles. The summed E-state index contributed by atoms with van der Waals surface area (Å²) in [5, 5.41) is 23.4. The molecule has 0 radical (unpaired) electrons. The minimum Gasteiger partial charge on any atom is -0.508 e. The van der Waals surface area contributed by atoms with E-state index >= 15 is 0 Å². The first-order chi connectivity index (χ1) is 13.9. The van der Waals surface area contributed by atoms with Crippen molar-refractivity contribution in [3.8, 4) is 5.75 Å². The minimum atomic E-state index is -1.57. The van der Waals surface area contributed by atoms with E-state index in [9.17, 15) is 24.6 Å². The third-order valence-electron chi connectivity index (χ3n) is 6.14. The molecule has 150 valence electrons. The highest BCUT2D eigenvalue weighted by Crippen LogP contribution is 2.51. The van der Waals surface area contributed by atoms with Gasteiger partial charge in [-0.15, -0.1) is 0 Å². The molecule has 2 amide bonds. The lowest BCUT2D eigenvalue weighted by atomic mass is 9.78. The molecule has 2 aliphatic heterocycles. The number of fused-ring (bicyclic) bond motifs is 1. The molecule has 2 aromatic rings. The van der Waals surface area contributed by atoms with Crippen LogP contribution in [0.25, 0.3) is 0 Å². The molecule has 3 N–H and O–H groups in total. The Hall–Kier alpha value is -3.19. The van der Waals surface area contributed by atoms with Crippen LogP contribution in [0.2, 0.25) is 0 Å². The molecule has 2 aliphatic rings. The average Bonchev–Trinajstić information content (AvgIpc) is 3.19. The number of amides is 2. The highest BCUT2D eigenvalue weighted by molar-refractivity contribution is 6.09. The molecule has 0 unspecified atom stereocenters. The van der Waals surface area contributed by atoms with E-state index in [1.807, 2.05) is 30.3 Å². The topological polar surface area (TPSA) is 107 Å². The maximum Gasteiger partial charge on any atom is 0.324 e. The van der Waals surface area contributed by atoms with E-state index in [-0.39, 0.29) is 18.7 Å². The van der Waals surface area contributed by atoms with Gasteiger partial charge in [-0.05, 0) is 18.1 Å². The number of nitrogens with one attached hydrogen (secondary N) is 1. The van der Waals surface area contributed by atoms with Gasteiger partial charge in [-0.1, -0.05) is 55.5 Å². The number of carboxylic acid groups (broad SMARTS) is 1. The Morgan fingerprint density at radius 1 is 1.07 bits per heavy atom. The monoisotopic (exact) mass is 394 g/mol. The van der Waals surface area contributed by atoms with Crippen LogP contribution >= 0.6 is 0 Å².